The molecule has 0 unspecified atom stereocenters. The molecule has 2 aromatic carbocycles. The van der Waals surface area contributed by atoms with Crippen molar-refractivity contribution in [3.8, 4) is 11.1 Å². The van der Waals surface area contributed by atoms with E-state index in [1.807, 2.05) is 19.9 Å². The summed E-state index contributed by atoms with van der Waals surface area (Å²) in [7, 11) is 0. The zero-order valence-electron chi connectivity index (χ0n) is 12.4. The van der Waals surface area contributed by atoms with Gasteiger partial charge in [-0.25, -0.2) is 0 Å². The average Bonchev–Trinajstić information content (AvgIpc) is 2.83. The highest BCUT2D eigenvalue weighted by Gasteiger charge is 2.20. The number of carbonyl (C=O) groups excluding carboxylic acids is 1. The highest BCUT2D eigenvalue weighted by Crippen LogP contribution is 2.37. The Balaban J connectivity index is 1.83. The van der Waals surface area contributed by atoms with Crippen molar-refractivity contribution in [3.05, 3.63) is 53.6 Å². The van der Waals surface area contributed by atoms with Gasteiger partial charge in [0.15, 0.2) is 0 Å². The van der Waals surface area contributed by atoms with E-state index in [9.17, 15) is 4.79 Å². The van der Waals surface area contributed by atoms with E-state index in [0.717, 1.165) is 12.1 Å². The molecule has 1 aliphatic carbocycles. The van der Waals surface area contributed by atoms with Crippen molar-refractivity contribution in [2.45, 2.75) is 26.3 Å². The standard InChI is InChI=1S/C18H20N2O/c1-11(2)17(19)18(21)20-14-7-8-16-13(10-14)9-12-5-3-4-6-15(12)16/h3-8,10-11,17H,9,19H2,1-2H3,(H,20,21)/t17-/m1/s1. The third kappa shape index (κ3) is 2.57. The average molecular weight is 280 g/mol. The summed E-state index contributed by atoms with van der Waals surface area (Å²) in [6.45, 7) is 3.90. The summed E-state index contributed by atoms with van der Waals surface area (Å²) in [4.78, 5) is 12.0. The van der Waals surface area contributed by atoms with Gasteiger partial charge in [0.25, 0.3) is 0 Å². The molecule has 1 aliphatic rings. The number of benzene rings is 2. The molecule has 2 aromatic rings. The Labute approximate surface area is 125 Å². The second-order valence-electron chi connectivity index (χ2n) is 5.96. The fourth-order valence-corrected chi connectivity index (χ4v) is 2.75. The first kappa shape index (κ1) is 13.8. The highest BCUT2D eigenvalue weighted by atomic mass is 16.2. The number of nitrogens with one attached hydrogen (secondary N) is 1. The lowest BCUT2D eigenvalue weighted by molar-refractivity contribution is -0.118. The number of carbonyl (C=O) groups is 1. The van der Waals surface area contributed by atoms with Crippen LogP contribution in [0.3, 0.4) is 0 Å². The fraction of sp³-hybridized carbons (Fsp3) is 0.278. The molecule has 0 bridgehead atoms. The van der Waals surface area contributed by atoms with Gasteiger partial charge in [-0.05, 0) is 46.7 Å². The van der Waals surface area contributed by atoms with E-state index in [2.05, 4.69) is 41.7 Å². The van der Waals surface area contributed by atoms with Crippen LogP contribution in [-0.2, 0) is 11.2 Å². The van der Waals surface area contributed by atoms with Gasteiger partial charge in [0.05, 0.1) is 6.04 Å². The maximum Gasteiger partial charge on any atom is 0.241 e. The van der Waals surface area contributed by atoms with Crippen molar-refractivity contribution in [2.24, 2.45) is 11.7 Å². The van der Waals surface area contributed by atoms with Crippen LogP contribution in [-0.4, -0.2) is 11.9 Å². The number of nitrogens with two attached hydrogens (primary N) is 1. The fourth-order valence-electron chi connectivity index (χ4n) is 2.75. The number of hydrogen-bond donors (Lipinski definition) is 2. The molecule has 3 rings (SSSR count). The monoisotopic (exact) mass is 280 g/mol. The maximum absolute atomic E-state index is 12.0. The quantitative estimate of drug-likeness (QED) is 0.774. The topological polar surface area (TPSA) is 55.1 Å². The van der Waals surface area contributed by atoms with Crippen molar-refractivity contribution in [3.63, 3.8) is 0 Å². The Bertz CT molecular complexity index is 691. The molecule has 0 saturated carbocycles. The molecule has 0 aromatic heterocycles. The third-order valence-electron chi connectivity index (χ3n) is 4.08. The Morgan fingerprint density at radius 3 is 2.57 bits per heavy atom. The van der Waals surface area contributed by atoms with Crippen LogP contribution in [0.2, 0.25) is 0 Å². The SMILES string of the molecule is CC(C)[C@@H](N)C(=O)Nc1ccc2c(c1)Cc1ccccc1-2. The molecule has 0 saturated heterocycles. The van der Waals surface area contributed by atoms with Crippen molar-refractivity contribution in [2.75, 3.05) is 5.32 Å². The molecular formula is C18H20N2O. The van der Waals surface area contributed by atoms with Gasteiger partial charge in [0, 0.05) is 5.69 Å². The molecule has 3 nitrogen and oxygen atoms in total. The maximum atomic E-state index is 12.0. The number of fused-ring (bicyclic) bond motifs is 3. The van der Waals surface area contributed by atoms with Crippen LogP contribution < -0.4 is 11.1 Å². The predicted molar refractivity (Wildman–Crippen MR) is 86.1 cm³/mol. The first-order chi connectivity index (χ1) is 10.1. The summed E-state index contributed by atoms with van der Waals surface area (Å²) in [5, 5.41) is 2.92. The molecule has 0 heterocycles. The normalized spacial score (nSPS) is 13.7. The number of rotatable bonds is 3. The molecule has 1 atom stereocenters. The molecular weight excluding hydrogens is 260 g/mol. The molecule has 3 N–H and O–H groups in total. The summed E-state index contributed by atoms with van der Waals surface area (Å²) in [6.07, 6.45) is 0.922. The van der Waals surface area contributed by atoms with Gasteiger partial charge >= 0.3 is 0 Å². The summed E-state index contributed by atoms with van der Waals surface area (Å²) in [6, 6.07) is 14.0. The lowest BCUT2D eigenvalue weighted by Crippen LogP contribution is -2.39. The van der Waals surface area contributed by atoms with Gasteiger partial charge in [-0.15, -0.1) is 0 Å². The Hall–Kier alpha value is -2.13. The van der Waals surface area contributed by atoms with Gasteiger partial charge < -0.3 is 11.1 Å². The van der Waals surface area contributed by atoms with E-state index in [0.29, 0.717) is 0 Å². The summed E-state index contributed by atoms with van der Waals surface area (Å²) in [5.41, 5.74) is 11.9. The first-order valence-electron chi connectivity index (χ1n) is 7.34. The number of amides is 1. The van der Waals surface area contributed by atoms with Crippen LogP contribution >= 0.6 is 0 Å². The van der Waals surface area contributed by atoms with Crippen molar-refractivity contribution in [1.29, 1.82) is 0 Å². The summed E-state index contributed by atoms with van der Waals surface area (Å²) in [5.74, 6) is 0.00384. The minimum absolute atomic E-state index is 0.125. The molecule has 0 aliphatic heterocycles. The van der Waals surface area contributed by atoms with Crippen molar-refractivity contribution in [1.82, 2.24) is 0 Å². The van der Waals surface area contributed by atoms with E-state index < -0.39 is 6.04 Å². The smallest absolute Gasteiger partial charge is 0.241 e. The second-order valence-corrected chi connectivity index (χ2v) is 5.96. The Morgan fingerprint density at radius 1 is 1.10 bits per heavy atom. The summed E-state index contributed by atoms with van der Waals surface area (Å²) < 4.78 is 0. The van der Waals surface area contributed by atoms with Crippen LogP contribution in [0.25, 0.3) is 11.1 Å². The molecule has 1 amide bonds. The van der Waals surface area contributed by atoms with Gasteiger partial charge in [0.1, 0.15) is 0 Å². The van der Waals surface area contributed by atoms with Gasteiger partial charge in [-0.1, -0.05) is 44.2 Å². The minimum atomic E-state index is -0.476. The highest BCUT2D eigenvalue weighted by molar-refractivity contribution is 5.95. The van der Waals surface area contributed by atoms with Crippen molar-refractivity contribution < 1.29 is 4.79 Å². The molecule has 0 spiro atoms. The van der Waals surface area contributed by atoms with Gasteiger partial charge in [-0.3, -0.25) is 4.79 Å². The number of anilines is 1. The minimum Gasteiger partial charge on any atom is -0.325 e. The third-order valence-corrected chi connectivity index (χ3v) is 4.08. The molecule has 21 heavy (non-hydrogen) atoms. The van der Waals surface area contributed by atoms with Gasteiger partial charge in [0.2, 0.25) is 5.91 Å². The molecule has 108 valence electrons. The van der Waals surface area contributed by atoms with E-state index in [1.165, 1.54) is 22.3 Å². The lowest BCUT2D eigenvalue weighted by Gasteiger charge is -2.15. The van der Waals surface area contributed by atoms with Crippen LogP contribution in [0.15, 0.2) is 42.5 Å². The zero-order valence-corrected chi connectivity index (χ0v) is 12.4. The lowest BCUT2D eigenvalue weighted by atomic mass is 10.0. The molecule has 0 fully saturated rings. The van der Waals surface area contributed by atoms with E-state index in [-0.39, 0.29) is 11.8 Å². The second kappa shape index (κ2) is 5.34. The number of hydrogen-bond acceptors (Lipinski definition) is 2. The van der Waals surface area contributed by atoms with Crippen LogP contribution in [0.5, 0.6) is 0 Å². The van der Waals surface area contributed by atoms with E-state index in [4.69, 9.17) is 5.73 Å². The van der Waals surface area contributed by atoms with Gasteiger partial charge in [-0.2, -0.15) is 0 Å². The molecule has 0 radical (unpaired) electrons. The Kier molecular flexibility index (Phi) is 3.52. The van der Waals surface area contributed by atoms with Crippen LogP contribution in [0, 0.1) is 5.92 Å². The van der Waals surface area contributed by atoms with Crippen LogP contribution in [0.1, 0.15) is 25.0 Å². The largest absolute Gasteiger partial charge is 0.325 e. The zero-order chi connectivity index (χ0) is 15.0. The van der Waals surface area contributed by atoms with E-state index >= 15 is 0 Å². The van der Waals surface area contributed by atoms with Crippen molar-refractivity contribution >= 4 is 11.6 Å². The predicted octanol–water partition coefficient (Wildman–Crippen LogP) is 3.18. The van der Waals surface area contributed by atoms with Crippen LogP contribution in [0.4, 0.5) is 5.69 Å². The Morgan fingerprint density at radius 2 is 1.81 bits per heavy atom. The van der Waals surface area contributed by atoms with E-state index in [1.54, 1.807) is 0 Å². The first-order valence-corrected chi connectivity index (χ1v) is 7.34. The summed E-state index contributed by atoms with van der Waals surface area (Å²) >= 11 is 0. The molecule has 3 heteroatoms.